The third kappa shape index (κ3) is 4.37. The van der Waals surface area contributed by atoms with Crippen LogP contribution in [0.15, 0.2) is 102 Å². The van der Waals surface area contributed by atoms with Gasteiger partial charge in [-0.1, -0.05) is 35.9 Å². The van der Waals surface area contributed by atoms with E-state index in [1.807, 2.05) is 50.2 Å². The van der Waals surface area contributed by atoms with Crippen LogP contribution in [0.3, 0.4) is 0 Å². The molecule has 4 heterocycles. The van der Waals surface area contributed by atoms with E-state index in [2.05, 4.69) is 20.1 Å². The molecule has 0 fully saturated rings. The van der Waals surface area contributed by atoms with Gasteiger partial charge in [0.05, 0.1) is 44.6 Å². The molecule has 11 heteroatoms. The molecule has 0 aliphatic carbocycles. The lowest BCUT2D eigenvalue weighted by Gasteiger charge is -2.12. The van der Waals surface area contributed by atoms with Gasteiger partial charge in [-0.05, 0) is 68.4 Å². The quantitative estimate of drug-likeness (QED) is 0.247. The van der Waals surface area contributed by atoms with Crippen molar-refractivity contribution >= 4 is 43.6 Å². The summed E-state index contributed by atoms with van der Waals surface area (Å²) in [6.45, 7) is 3.74. The van der Waals surface area contributed by atoms with Crippen LogP contribution in [-0.2, 0) is 10.0 Å². The maximum absolute atomic E-state index is 14.2. The lowest BCUT2D eigenvalue weighted by molar-refractivity contribution is 0.103. The maximum atomic E-state index is 14.2. The average Bonchev–Trinajstić information content (AvgIpc) is 3.70. The summed E-state index contributed by atoms with van der Waals surface area (Å²) in [6, 6.07) is 24.4. The Morgan fingerprint density at radius 1 is 0.930 bits per heavy atom. The van der Waals surface area contributed by atoms with Crippen molar-refractivity contribution in [2.24, 2.45) is 0 Å². The summed E-state index contributed by atoms with van der Waals surface area (Å²) in [7, 11) is -4.21. The molecule has 0 radical (unpaired) electrons. The first-order valence-corrected chi connectivity index (χ1v) is 14.9. The lowest BCUT2D eigenvalue weighted by Crippen LogP contribution is -2.19. The molecule has 7 aromatic rings. The number of nitrogens with one attached hydrogen (secondary N) is 1. The highest BCUT2D eigenvalue weighted by Gasteiger charge is 2.29. The Kier molecular flexibility index (Phi) is 5.99. The Morgan fingerprint density at radius 3 is 2.51 bits per heavy atom. The molecule has 0 aliphatic rings. The molecule has 3 N–H and O–H groups in total. The first kappa shape index (κ1) is 26.4. The van der Waals surface area contributed by atoms with E-state index >= 15 is 0 Å². The highest BCUT2D eigenvalue weighted by atomic mass is 32.2. The van der Waals surface area contributed by atoms with Crippen molar-refractivity contribution in [2.45, 2.75) is 18.7 Å². The fourth-order valence-corrected chi connectivity index (χ4v) is 6.74. The number of ketones is 1. The molecular formula is C32H25N7O3S. The molecule has 4 aromatic heterocycles. The molecule has 0 atom stereocenters. The third-order valence-corrected chi connectivity index (χ3v) is 9.13. The van der Waals surface area contributed by atoms with Crippen LogP contribution in [0.4, 0.5) is 5.82 Å². The number of nitrogen functional groups attached to an aromatic ring is 1. The van der Waals surface area contributed by atoms with E-state index in [1.54, 1.807) is 42.6 Å². The summed E-state index contributed by atoms with van der Waals surface area (Å²) in [4.78, 5) is 26.2. The second kappa shape index (κ2) is 9.78. The number of hydrogen-bond acceptors (Lipinski definition) is 7. The van der Waals surface area contributed by atoms with Gasteiger partial charge < -0.3 is 10.7 Å². The molecule has 43 heavy (non-hydrogen) atoms. The summed E-state index contributed by atoms with van der Waals surface area (Å²) < 4.78 is 30.9. The molecule has 212 valence electrons. The van der Waals surface area contributed by atoms with Gasteiger partial charge in [-0.25, -0.2) is 22.1 Å². The van der Waals surface area contributed by atoms with Crippen LogP contribution in [0, 0.1) is 13.8 Å². The Morgan fingerprint density at radius 2 is 1.74 bits per heavy atom. The van der Waals surface area contributed by atoms with Crippen molar-refractivity contribution in [2.75, 3.05) is 5.73 Å². The molecule has 0 aliphatic heterocycles. The van der Waals surface area contributed by atoms with Gasteiger partial charge in [-0.3, -0.25) is 9.78 Å². The first-order chi connectivity index (χ1) is 20.7. The molecule has 0 unspecified atom stereocenters. The number of imidazole rings is 1. The van der Waals surface area contributed by atoms with Gasteiger partial charge in [-0.15, -0.1) is 0 Å². The molecule has 10 nitrogen and oxygen atoms in total. The van der Waals surface area contributed by atoms with Crippen LogP contribution < -0.4 is 5.73 Å². The Labute approximate surface area is 246 Å². The monoisotopic (exact) mass is 587 g/mol. The topological polar surface area (TPSA) is 142 Å². The zero-order valence-corrected chi connectivity index (χ0v) is 24.0. The summed E-state index contributed by atoms with van der Waals surface area (Å²) in [5.74, 6) is 0.276. The predicted molar refractivity (Wildman–Crippen MR) is 165 cm³/mol. The fourth-order valence-electron chi connectivity index (χ4n) is 5.24. The number of pyridine rings is 1. The van der Waals surface area contributed by atoms with Gasteiger partial charge in [0.15, 0.2) is 0 Å². The standard InChI is InChI=1S/C32H25N7O3S/c1-19-6-11-24(12-7-19)43(41,42)39-29-15-21(26-5-3-4-14-34-26)8-9-22(29)16-30(39)31(40)25-18-35-38(32(25)33)23-10-13-27-28(17-23)37-20(2)36-27/h3-18H,33H2,1-2H3,(H,36,37). The van der Waals surface area contributed by atoms with E-state index in [0.29, 0.717) is 27.8 Å². The molecule has 0 saturated carbocycles. The number of hydrogen-bond donors (Lipinski definition) is 2. The number of aromatic amines is 1. The third-order valence-electron chi connectivity index (χ3n) is 7.39. The highest BCUT2D eigenvalue weighted by molar-refractivity contribution is 7.90. The number of rotatable bonds is 6. The van der Waals surface area contributed by atoms with Gasteiger partial charge in [0.2, 0.25) is 5.78 Å². The number of benzene rings is 3. The van der Waals surface area contributed by atoms with Gasteiger partial charge in [-0.2, -0.15) is 5.10 Å². The zero-order valence-electron chi connectivity index (χ0n) is 23.2. The van der Waals surface area contributed by atoms with Gasteiger partial charge in [0.1, 0.15) is 17.3 Å². The number of nitrogens with two attached hydrogens (primary N) is 1. The lowest BCUT2D eigenvalue weighted by atomic mass is 10.1. The second-order valence-corrected chi connectivity index (χ2v) is 12.1. The second-order valence-electron chi connectivity index (χ2n) is 10.3. The van der Waals surface area contributed by atoms with Gasteiger partial charge in [0, 0.05) is 17.1 Å². The molecule has 0 bridgehead atoms. The van der Waals surface area contributed by atoms with E-state index in [4.69, 9.17) is 5.73 Å². The van der Waals surface area contributed by atoms with Crippen molar-refractivity contribution in [1.82, 2.24) is 28.7 Å². The van der Waals surface area contributed by atoms with E-state index in [0.717, 1.165) is 26.4 Å². The summed E-state index contributed by atoms with van der Waals surface area (Å²) in [5, 5.41) is 4.96. The number of aromatic nitrogens is 6. The predicted octanol–water partition coefficient (Wildman–Crippen LogP) is 5.43. The van der Waals surface area contributed by atoms with E-state index in [-0.39, 0.29) is 22.0 Å². The first-order valence-electron chi connectivity index (χ1n) is 13.4. The average molecular weight is 588 g/mol. The van der Waals surface area contributed by atoms with E-state index in [9.17, 15) is 13.2 Å². The zero-order chi connectivity index (χ0) is 29.9. The van der Waals surface area contributed by atoms with Crippen molar-refractivity contribution in [1.29, 1.82) is 0 Å². The van der Waals surface area contributed by atoms with Crippen LogP contribution >= 0.6 is 0 Å². The highest BCUT2D eigenvalue weighted by Crippen LogP contribution is 2.32. The van der Waals surface area contributed by atoms with E-state index in [1.165, 1.54) is 23.0 Å². The smallest absolute Gasteiger partial charge is 0.268 e. The number of H-pyrrole nitrogens is 1. The fraction of sp³-hybridized carbons (Fsp3) is 0.0625. The van der Waals surface area contributed by atoms with Crippen molar-refractivity contribution in [3.05, 3.63) is 120 Å². The molecular weight excluding hydrogens is 562 g/mol. The van der Waals surface area contributed by atoms with Crippen LogP contribution in [0.5, 0.6) is 0 Å². The molecule has 7 rings (SSSR count). The maximum Gasteiger partial charge on any atom is 0.268 e. The van der Waals surface area contributed by atoms with Gasteiger partial charge in [0.25, 0.3) is 10.0 Å². The minimum absolute atomic E-state index is 0.0553. The summed E-state index contributed by atoms with van der Waals surface area (Å²) >= 11 is 0. The number of nitrogens with zero attached hydrogens (tertiary/aromatic N) is 5. The molecule has 0 saturated heterocycles. The minimum atomic E-state index is -4.21. The molecule has 0 amide bonds. The normalized spacial score (nSPS) is 11.9. The van der Waals surface area contributed by atoms with Crippen LogP contribution in [0.1, 0.15) is 27.4 Å². The van der Waals surface area contributed by atoms with Crippen molar-refractivity contribution < 1.29 is 13.2 Å². The van der Waals surface area contributed by atoms with Crippen LogP contribution in [-0.4, -0.2) is 42.9 Å². The number of aryl methyl sites for hydroxylation is 2. The Hall–Kier alpha value is -5.55. The van der Waals surface area contributed by atoms with Crippen molar-refractivity contribution in [3.8, 4) is 16.9 Å². The largest absolute Gasteiger partial charge is 0.383 e. The summed E-state index contributed by atoms with van der Waals surface area (Å²) in [5.41, 5.74) is 11.4. The number of carbonyl (C=O) groups is 1. The minimum Gasteiger partial charge on any atom is -0.383 e. The number of fused-ring (bicyclic) bond motifs is 2. The SMILES string of the molecule is Cc1ccc(S(=O)(=O)n2c(C(=O)c3cnn(-c4ccc5nc(C)[nH]c5c4)c3N)cc3ccc(-c4ccccn4)cc32)cc1. The van der Waals surface area contributed by atoms with Crippen LogP contribution in [0.25, 0.3) is 38.9 Å². The van der Waals surface area contributed by atoms with E-state index < -0.39 is 15.8 Å². The van der Waals surface area contributed by atoms with Crippen molar-refractivity contribution in [3.63, 3.8) is 0 Å². The van der Waals surface area contributed by atoms with Gasteiger partial charge >= 0.3 is 0 Å². The summed E-state index contributed by atoms with van der Waals surface area (Å²) in [6.07, 6.45) is 3.03. The number of anilines is 1. The Bertz CT molecular complexity index is 2300. The number of carbonyl (C=O) groups excluding carboxylic acids is 1. The van der Waals surface area contributed by atoms with Crippen LogP contribution in [0.2, 0.25) is 0 Å². The molecule has 0 spiro atoms. The molecule has 3 aromatic carbocycles. The Balaban J connectivity index is 1.40.